The van der Waals surface area contributed by atoms with E-state index < -0.39 is 0 Å². The third-order valence-corrected chi connectivity index (χ3v) is 24.7. The highest BCUT2D eigenvalue weighted by Crippen LogP contribution is 2.28. The Kier molecular flexibility index (Phi) is 83.8. The van der Waals surface area contributed by atoms with Crippen molar-refractivity contribution >= 4 is 22.8 Å². The number of hydrogen-bond acceptors (Lipinski definition) is 2. The summed E-state index contributed by atoms with van der Waals surface area (Å²) < 4.78 is 0. The Labute approximate surface area is 698 Å². The average Bonchev–Trinajstić information content (AvgIpc) is 0.844. The minimum Gasteiger partial charge on any atom is -0.251 e. The first-order valence-corrected chi connectivity index (χ1v) is 51.5. The van der Waals surface area contributed by atoms with Crippen molar-refractivity contribution in [3.8, 4) is 0 Å². The lowest BCUT2D eigenvalue weighted by atomic mass is 10.0. The maximum absolute atomic E-state index is 5.73. The summed E-state index contributed by atoms with van der Waals surface area (Å²) in [4.78, 5) is 11.4. The topological polar surface area (TPSA) is 24.7 Å². The molecule has 2 aromatic rings. The lowest BCUT2D eigenvalue weighted by molar-refractivity contribution is 0.516. The molecule has 0 N–H and O–H groups in total. The van der Waals surface area contributed by atoms with E-state index >= 15 is 0 Å². The molecule has 0 unspecified atom stereocenters. The van der Waals surface area contributed by atoms with E-state index in [1.165, 1.54) is 505 Å². The molecule has 0 radical (unpaired) electrons. The fourth-order valence-electron chi connectivity index (χ4n) is 17.1. The molecule has 0 spiro atoms. The van der Waals surface area contributed by atoms with Gasteiger partial charge in [0, 0.05) is 0 Å². The first kappa shape index (κ1) is 104. The summed E-state index contributed by atoms with van der Waals surface area (Å²) in [7, 11) is 0. The van der Waals surface area contributed by atoms with Crippen LogP contribution in [0.25, 0.3) is 0 Å². The van der Waals surface area contributed by atoms with E-state index in [2.05, 4.69) is 113 Å². The molecule has 0 aliphatic heterocycles. The van der Waals surface area contributed by atoms with Gasteiger partial charge in [0.2, 0.25) is 0 Å². The number of nitrogens with zero attached hydrogens (tertiary/aromatic N) is 2. The summed E-state index contributed by atoms with van der Waals surface area (Å²) >= 11 is 0. The number of aliphatic imine (C=N–C) groups is 2. The zero-order valence-electron chi connectivity index (χ0n) is 76.1. The van der Waals surface area contributed by atoms with Crippen molar-refractivity contribution in [1.82, 2.24) is 0 Å². The van der Waals surface area contributed by atoms with E-state index in [4.69, 9.17) is 9.98 Å². The van der Waals surface area contributed by atoms with Crippen molar-refractivity contribution in [3.05, 3.63) is 96.1 Å². The van der Waals surface area contributed by atoms with Gasteiger partial charge in [-0.15, -0.1) is 0 Å². The van der Waals surface area contributed by atoms with Gasteiger partial charge >= 0.3 is 0 Å². The molecule has 2 nitrogen and oxygen atoms in total. The molecule has 0 saturated carbocycles. The fourth-order valence-corrected chi connectivity index (χ4v) is 17.1. The molecule has 0 heterocycles. The van der Waals surface area contributed by atoms with Crippen LogP contribution in [0.3, 0.4) is 0 Å². The molecular formula is C109H196N2. The molecule has 642 valence electrons. The van der Waals surface area contributed by atoms with Crippen molar-refractivity contribution in [3.63, 3.8) is 0 Å². The Morgan fingerprint density at radius 1 is 0.198 bits per heavy atom. The fraction of sp³-hybridized carbons (Fsp3) is 0.817. The average molecular weight is 1530 g/mol. The molecule has 0 fully saturated rings. The minimum absolute atomic E-state index is 0.970. The Balaban J connectivity index is 1.90. The number of benzene rings is 2. The first-order valence-electron chi connectivity index (χ1n) is 51.5. The monoisotopic (exact) mass is 1530 g/mol. The molecule has 2 aromatic carbocycles. The van der Waals surface area contributed by atoms with Crippen molar-refractivity contribution in [2.45, 2.75) is 573 Å². The number of aryl methyl sites for hydroxylation is 2. The Hall–Kier alpha value is -3.00. The standard InChI is InChI=1S/C109H196N2/c1-5-9-13-17-21-24-27-30-33-36-39-42-45-48-51-54-57-60-63-66-69-72-75-78-81-84-88-96-104-98-92-94-100-106(104)110-108(102-90-86-20-16-12-8-4)109(103-91-87-83-80-77-74-71-68-65-62-59-56-53-50-47-44-41-38-35-32-29-26-23-19-15-11-7-3)111-107-101-95-93-99-105(107)97-89-85-82-79-76-73-70-67-64-61-58-55-52-49-46-43-40-37-34-31-28-25-22-18-14-10-6-2/h78-79,81-82,91-95,98-101,103H,5-77,80,83-90,96-97,102H2,1-4H3. The number of unbranched alkanes of at least 4 members (excludes halogenated alkanes) is 76. The molecule has 0 aromatic heterocycles. The third-order valence-electron chi connectivity index (χ3n) is 24.7. The number of hydrogen-bond donors (Lipinski definition) is 0. The van der Waals surface area contributed by atoms with Gasteiger partial charge in [-0.05, 0) is 119 Å². The number of para-hydroxylation sites is 2. The van der Waals surface area contributed by atoms with E-state index in [-0.39, 0.29) is 0 Å². The van der Waals surface area contributed by atoms with E-state index in [1.807, 2.05) is 0 Å². The van der Waals surface area contributed by atoms with E-state index in [0.717, 1.165) is 74.9 Å². The second kappa shape index (κ2) is 89.3. The van der Waals surface area contributed by atoms with Gasteiger partial charge in [-0.2, -0.15) is 0 Å². The number of allylic oxidation sites excluding steroid dienone is 6. The molecule has 0 aliphatic carbocycles. The minimum atomic E-state index is 0.970. The molecule has 0 saturated heterocycles. The zero-order valence-corrected chi connectivity index (χ0v) is 76.1. The predicted molar refractivity (Wildman–Crippen MR) is 508 cm³/mol. The van der Waals surface area contributed by atoms with Crippen molar-refractivity contribution in [1.29, 1.82) is 0 Å². The van der Waals surface area contributed by atoms with Crippen LogP contribution in [0.1, 0.15) is 572 Å². The van der Waals surface area contributed by atoms with Crippen LogP contribution >= 0.6 is 0 Å². The molecule has 2 heteroatoms. The molecule has 111 heavy (non-hydrogen) atoms. The molecule has 0 amide bonds. The van der Waals surface area contributed by atoms with Crippen molar-refractivity contribution in [2.75, 3.05) is 0 Å². The van der Waals surface area contributed by atoms with Gasteiger partial charge in [0.1, 0.15) is 0 Å². The van der Waals surface area contributed by atoms with Crippen LogP contribution in [0.15, 0.2) is 95.0 Å². The molecule has 0 aliphatic rings. The van der Waals surface area contributed by atoms with E-state index in [9.17, 15) is 0 Å². The highest BCUT2D eigenvalue weighted by molar-refractivity contribution is 6.47. The zero-order chi connectivity index (χ0) is 78.9. The SMILES string of the molecule is CCCCCCCCCCCCCCCCCCCCCCCCC=CCCCc1ccccc1N=C(C=CCCCCCCCCCCCCCCCCCCCCCCCCCCC)C(CCCCCCCC)=Nc1ccccc1CCCC=CCCCCCCCCCCCCCCCCCCCCCCCC. The van der Waals surface area contributed by atoms with Crippen LogP contribution in [0.4, 0.5) is 11.4 Å². The highest BCUT2D eigenvalue weighted by Gasteiger charge is 2.13. The largest absolute Gasteiger partial charge is 0.251 e. The molecule has 2 rings (SSSR count). The second-order valence-electron chi connectivity index (χ2n) is 35.7. The maximum atomic E-state index is 5.73. The quantitative estimate of drug-likeness (QED) is 0.0358. The summed E-state index contributed by atoms with van der Waals surface area (Å²) in [6.07, 6.45) is 133. The van der Waals surface area contributed by atoms with Crippen LogP contribution in [-0.2, 0) is 12.8 Å². The summed E-state index contributed by atoms with van der Waals surface area (Å²) in [5, 5.41) is 0. The third kappa shape index (κ3) is 74.3. The Morgan fingerprint density at radius 3 is 0.631 bits per heavy atom. The van der Waals surface area contributed by atoms with Gasteiger partial charge in [-0.1, -0.05) is 550 Å². The van der Waals surface area contributed by atoms with Crippen molar-refractivity contribution in [2.24, 2.45) is 9.98 Å². The van der Waals surface area contributed by atoms with Gasteiger partial charge in [-0.3, -0.25) is 4.99 Å². The molecule has 0 bridgehead atoms. The van der Waals surface area contributed by atoms with Crippen LogP contribution in [-0.4, -0.2) is 11.4 Å². The molecular weight excluding hydrogens is 1340 g/mol. The number of rotatable bonds is 91. The lowest BCUT2D eigenvalue weighted by Gasteiger charge is -2.12. The van der Waals surface area contributed by atoms with Crippen LogP contribution in [0.5, 0.6) is 0 Å². The van der Waals surface area contributed by atoms with Crippen LogP contribution < -0.4 is 0 Å². The van der Waals surface area contributed by atoms with Gasteiger partial charge in [0.25, 0.3) is 0 Å². The van der Waals surface area contributed by atoms with Crippen LogP contribution in [0, 0.1) is 0 Å². The summed E-state index contributed by atoms with van der Waals surface area (Å²) in [6.45, 7) is 9.29. The Morgan fingerprint density at radius 2 is 0.387 bits per heavy atom. The normalized spacial score (nSPS) is 12.3. The lowest BCUT2D eigenvalue weighted by Crippen LogP contribution is -2.12. The van der Waals surface area contributed by atoms with E-state index in [1.54, 1.807) is 0 Å². The first-order chi connectivity index (χ1) is 55.2. The Bertz CT molecular complexity index is 2290. The van der Waals surface area contributed by atoms with E-state index in [0.29, 0.717) is 0 Å². The second-order valence-corrected chi connectivity index (χ2v) is 35.7. The summed E-state index contributed by atoms with van der Waals surface area (Å²) in [6, 6.07) is 18.2. The van der Waals surface area contributed by atoms with Gasteiger partial charge in [0.05, 0.1) is 22.8 Å². The van der Waals surface area contributed by atoms with Gasteiger partial charge in [-0.25, -0.2) is 4.99 Å². The maximum Gasteiger partial charge on any atom is 0.0848 e. The summed E-state index contributed by atoms with van der Waals surface area (Å²) in [5.74, 6) is 0. The van der Waals surface area contributed by atoms with Crippen LogP contribution in [0.2, 0.25) is 0 Å². The summed E-state index contributed by atoms with van der Waals surface area (Å²) in [5.41, 5.74) is 7.31. The smallest absolute Gasteiger partial charge is 0.0848 e. The highest BCUT2D eigenvalue weighted by atomic mass is 14.8. The van der Waals surface area contributed by atoms with Crippen molar-refractivity contribution < 1.29 is 0 Å². The van der Waals surface area contributed by atoms with Gasteiger partial charge in [0.15, 0.2) is 0 Å². The van der Waals surface area contributed by atoms with Gasteiger partial charge < -0.3 is 0 Å². The molecule has 0 atom stereocenters. The predicted octanol–water partition coefficient (Wildman–Crippen LogP) is 39.7.